The molecule has 158 valence electrons. The van der Waals surface area contributed by atoms with Crippen molar-refractivity contribution in [2.24, 2.45) is 5.92 Å². The van der Waals surface area contributed by atoms with Gasteiger partial charge in [0.15, 0.2) is 0 Å². The van der Waals surface area contributed by atoms with Crippen LogP contribution in [0.4, 0.5) is 0 Å². The van der Waals surface area contributed by atoms with E-state index in [9.17, 15) is 19.5 Å². The van der Waals surface area contributed by atoms with E-state index in [0.717, 1.165) is 5.57 Å². The summed E-state index contributed by atoms with van der Waals surface area (Å²) < 4.78 is 22.0. The first-order valence-electron chi connectivity index (χ1n) is 9.54. The molecule has 1 N–H and O–H groups in total. The van der Waals surface area contributed by atoms with Crippen molar-refractivity contribution in [2.75, 3.05) is 13.2 Å². The molecule has 2 aliphatic heterocycles. The number of rotatable bonds is 5. The number of esters is 3. The lowest BCUT2D eigenvalue weighted by molar-refractivity contribution is -0.149. The molecule has 8 heteroatoms. The van der Waals surface area contributed by atoms with Crippen LogP contribution in [0, 0.1) is 5.92 Å². The van der Waals surface area contributed by atoms with Gasteiger partial charge >= 0.3 is 17.9 Å². The maximum Gasteiger partial charge on any atom is 0.334 e. The molecule has 0 radical (unpaired) electrons. The Labute approximate surface area is 169 Å². The van der Waals surface area contributed by atoms with Crippen molar-refractivity contribution in [3.05, 3.63) is 36.0 Å². The highest BCUT2D eigenvalue weighted by Crippen LogP contribution is 2.48. The molecule has 2 fully saturated rings. The Morgan fingerprint density at radius 2 is 2.10 bits per heavy atom. The number of epoxide rings is 1. The monoisotopic (exact) mass is 406 g/mol. The number of ether oxygens (including phenoxy) is 4. The van der Waals surface area contributed by atoms with Crippen LogP contribution in [0.25, 0.3) is 0 Å². The van der Waals surface area contributed by atoms with Gasteiger partial charge in [0.25, 0.3) is 0 Å². The van der Waals surface area contributed by atoms with Gasteiger partial charge in [-0.3, -0.25) is 4.79 Å². The second kappa shape index (κ2) is 8.12. The van der Waals surface area contributed by atoms with Crippen molar-refractivity contribution in [1.82, 2.24) is 0 Å². The summed E-state index contributed by atoms with van der Waals surface area (Å²) in [5.74, 6) is -2.25. The Morgan fingerprint density at radius 3 is 2.72 bits per heavy atom. The van der Waals surface area contributed by atoms with E-state index in [1.807, 2.05) is 0 Å². The SMILES string of the molecule is C=C(C)C(=O)O[C@H]1C[C@@]2(CO)O[C@@H]2CC/C(COC(C)=O)=C/[C@H]2OC(=O)C(=C)[C@H]12. The lowest BCUT2D eigenvalue weighted by Crippen LogP contribution is -2.39. The molecule has 0 amide bonds. The van der Waals surface area contributed by atoms with Crippen molar-refractivity contribution in [1.29, 1.82) is 0 Å². The Hall–Kier alpha value is -2.45. The van der Waals surface area contributed by atoms with Crippen LogP contribution in [-0.2, 0) is 33.3 Å². The molecular formula is C21H26O8. The fourth-order valence-electron chi connectivity index (χ4n) is 3.90. The maximum absolute atomic E-state index is 12.2. The van der Waals surface area contributed by atoms with E-state index < -0.39 is 41.6 Å². The molecule has 5 atom stereocenters. The third kappa shape index (κ3) is 4.43. The first-order valence-corrected chi connectivity index (χ1v) is 9.54. The van der Waals surface area contributed by atoms with Crippen LogP contribution in [0.1, 0.15) is 33.1 Å². The zero-order valence-electron chi connectivity index (χ0n) is 16.6. The summed E-state index contributed by atoms with van der Waals surface area (Å²) in [5.41, 5.74) is 0.294. The average Bonchev–Trinajstić information content (AvgIpc) is 3.28. The highest BCUT2D eigenvalue weighted by Gasteiger charge is 2.59. The van der Waals surface area contributed by atoms with Crippen molar-refractivity contribution >= 4 is 17.9 Å². The van der Waals surface area contributed by atoms with Gasteiger partial charge in [-0.2, -0.15) is 0 Å². The minimum Gasteiger partial charge on any atom is -0.461 e. The summed E-state index contributed by atoms with van der Waals surface area (Å²) in [6.45, 7) is 10.1. The summed E-state index contributed by atoms with van der Waals surface area (Å²) in [5, 5.41) is 9.94. The Morgan fingerprint density at radius 1 is 1.38 bits per heavy atom. The predicted molar refractivity (Wildman–Crippen MR) is 100 cm³/mol. The van der Waals surface area contributed by atoms with Crippen LogP contribution in [0.15, 0.2) is 36.0 Å². The normalized spacial score (nSPS) is 35.3. The summed E-state index contributed by atoms with van der Waals surface area (Å²) in [6, 6.07) is 0. The molecular weight excluding hydrogens is 380 g/mol. The molecule has 8 nitrogen and oxygen atoms in total. The van der Waals surface area contributed by atoms with E-state index in [2.05, 4.69) is 13.2 Å². The van der Waals surface area contributed by atoms with Gasteiger partial charge in [-0.05, 0) is 31.4 Å². The minimum absolute atomic E-state index is 0.0532. The van der Waals surface area contributed by atoms with Crippen molar-refractivity contribution in [2.45, 2.75) is 57.0 Å². The van der Waals surface area contributed by atoms with E-state index in [1.54, 1.807) is 6.08 Å². The molecule has 1 aliphatic carbocycles. The van der Waals surface area contributed by atoms with Gasteiger partial charge in [0.2, 0.25) is 0 Å². The fraction of sp³-hybridized carbons (Fsp3) is 0.571. The molecule has 2 saturated heterocycles. The van der Waals surface area contributed by atoms with Crippen molar-refractivity contribution in [3.8, 4) is 0 Å². The average molecular weight is 406 g/mol. The molecule has 0 unspecified atom stereocenters. The molecule has 0 bridgehead atoms. The first kappa shape index (κ1) is 21.3. The number of hydrogen-bond donors (Lipinski definition) is 1. The topological polar surface area (TPSA) is 112 Å². The summed E-state index contributed by atoms with van der Waals surface area (Å²) in [7, 11) is 0. The Bertz CT molecular complexity index is 782. The number of aliphatic hydroxyl groups is 1. The number of carbonyl (C=O) groups is 3. The Kier molecular flexibility index (Phi) is 5.95. The van der Waals surface area contributed by atoms with Crippen LogP contribution in [-0.4, -0.2) is 60.1 Å². The van der Waals surface area contributed by atoms with Gasteiger partial charge in [0.1, 0.15) is 24.4 Å². The van der Waals surface area contributed by atoms with E-state index in [-0.39, 0.29) is 36.9 Å². The van der Waals surface area contributed by atoms with Gasteiger partial charge < -0.3 is 24.1 Å². The molecule has 0 aromatic carbocycles. The fourth-order valence-corrected chi connectivity index (χ4v) is 3.90. The molecule has 3 aliphatic rings. The lowest BCUT2D eigenvalue weighted by atomic mass is 9.82. The minimum atomic E-state index is -0.861. The number of aliphatic hydroxyl groups excluding tert-OH is 1. The van der Waals surface area contributed by atoms with Crippen molar-refractivity contribution in [3.63, 3.8) is 0 Å². The van der Waals surface area contributed by atoms with Gasteiger partial charge in [0.05, 0.1) is 18.6 Å². The second-order valence-electron chi connectivity index (χ2n) is 7.82. The molecule has 0 saturated carbocycles. The molecule has 3 rings (SSSR count). The molecule has 0 aromatic heterocycles. The van der Waals surface area contributed by atoms with Gasteiger partial charge in [-0.15, -0.1) is 0 Å². The third-order valence-electron chi connectivity index (χ3n) is 5.58. The van der Waals surface area contributed by atoms with Gasteiger partial charge in [0, 0.05) is 24.5 Å². The smallest absolute Gasteiger partial charge is 0.334 e. The lowest BCUT2D eigenvalue weighted by Gasteiger charge is -2.29. The van der Waals surface area contributed by atoms with Crippen molar-refractivity contribution < 1.29 is 38.4 Å². The third-order valence-corrected chi connectivity index (χ3v) is 5.58. The van der Waals surface area contributed by atoms with Crippen LogP contribution in [0.5, 0.6) is 0 Å². The van der Waals surface area contributed by atoms with Crippen LogP contribution in [0.2, 0.25) is 0 Å². The zero-order chi connectivity index (χ0) is 21.3. The predicted octanol–water partition coefficient (Wildman–Crippen LogP) is 1.38. The molecule has 0 aromatic rings. The van der Waals surface area contributed by atoms with E-state index in [0.29, 0.717) is 12.8 Å². The number of carbonyl (C=O) groups excluding carboxylic acids is 3. The summed E-state index contributed by atoms with van der Waals surface area (Å²) in [4.78, 5) is 35.7. The summed E-state index contributed by atoms with van der Waals surface area (Å²) >= 11 is 0. The van der Waals surface area contributed by atoms with E-state index >= 15 is 0 Å². The highest BCUT2D eigenvalue weighted by molar-refractivity contribution is 5.91. The molecule has 0 spiro atoms. The molecule has 2 heterocycles. The molecule has 29 heavy (non-hydrogen) atoms. The zero-order valence-corrected chi connectivity index (χ0v) is 16.6. The van der Waals surface area contributed by atoms with E-state index in [1.165, 1.54) is 13.8 Å². The number of fused-ring (bicyclic) bond motifs is 2. The second-order valence-corrected chi connectivity index (χ2v) is 7.82. The van der Waals surface area contributed by atoms with Crippen LogP contribution in [0.3, 0.4) is 0 Å². The maximum atomic E-state index is 12.2. The van der Waals surface area contributed by atoms with Gasteiger partial charge in [-0.25, -0.2) is 9.59 Å². The summed E-state index contributed by atoms with van der Waals surface area (Å²) in [6.07, 6.45) is 1.31. The quantitative estimate of drug-likeness (QED) is 0.240. The van der Waals surface area contributed by atoms with Crippen LogP contribution < -0.4 is 0 Å². The number of hydrogen-bond acceptors (Lipinski definition) is 8. The standard InChI is InChI=1S/C21H26O8/c1-11(2)19(24)28-16-8-21(10-22)17(29-21)6-5-14(9-26-13(4)23)7-15-18(16)12(3)20(25)27-15/h7,15-18,22H,1,3,5-6,8-10H2,2,4H3/b14-7-/t15-,16+,17-,18+,21+/m1/s1. The largest absolute Gasteiger partial charge is 0.461 e. The van der Waals surface area contributed by atoms with Crippen LogP contribution >= 0.6 is 0 Å². The van der Waals surface area contributed by atoms with Gasteiger partial charge in [-0.1, -0.05) is 13.2 Å². The Balaban J connectivity index is 1.96. The van der Waals surface area contributed by atoms with E-state index in [4.69, 9.17) is 18.9 Å². The first-order chi connectivity index (χ1) is 13.7. The highest BCUT2D eigenvalue weighted by atomic mass is 16.6.